The molecule has 2 aromatic carbocycles. The van der Waals surface area contributed by atoms with Crippen molar-refractivity contribution in [2.24, 2.45) is 7.05 Å². The average molecular weight is 827 g/mol. The molecule has 3 saturated heterocycles. The first-order valence-electron chi connectivity index (χ1n) is 20.5. The van der Waals surface area contributed by atoms with Crippen molar-refractivity contribution in [1.82, 2.24) is 34.8 Å². The van der Waals surface area contributed by atoms with Gasteiger partial charge in [-0.1, -0.05) is 0 Å². The Balaban J connectivity index is 0.881. The van der Waals surface area contributed by atoms with E-state index in [1.807, 2.05) is 18.3 Å². The third-order valence-electron chi connectivity index (χ3n) is 12.8. The van der Waals surface area contributed by atoms with Crippen LogP contribution in [0.4, 0.5) is 14.9 Å². The Bertz CT molecular complexity index is 2290. The number of piperidine rings is 2. The lowest BCUT2D eigenvalue weighted by atomic mass is 9.91. The van der Waals surface area contributed by atoms with Crippen LogP contribution in [0.1, 0.15) is 63.1 Å². The molecule has 1 atom stereocenters. The number of fused-ring (bicyclic) bond motifs is 2. The maximum absolute atomic E-state index is 16.5. The van der Waals surface area contributed by atoms with Gasteiger partial charge in [-0.2, -0.15) is 0 Å². The van der Waals surface area contributed by atoms with Crippen LogP contribution in [-0.4, -0.2) is 139 Å². The normalized spacial score (nSPS) is 20.8. The van der Waals surface area contributed by atoms with Gasteiger partial charge < -0.3 is 29.2 Å². The molecule has 3 fully saturated rings. The van der Waals surface area contributed by atoms with Crippen LogP contribution in [0.15, 0.2) is 41.3 Å². The van der Waals surface area contributed by atoms with E-state index in [2.05, 4.69) is 25.3 Å². The molecule has 5 aliphatic rings. The number of amides is 6. The number of likely N-dealkylation sites (tertiary alicyclic amines) is 1. The van der Waals surface area contributed by atoms with Gasteiger partial charge in [-0.15, -0.1) is 0 Å². The minimum atomic E-state index is -1.35. The van der Waals surface area contributed by atoms with Crippen LogP contribution in [0.25, 0.3) is 11.1 Å². The van der Waals surface area contributed by atoms with Crippen molar-refractivity contribution in [2.75, 3.05) is 78.5 Å². The largest absolute Gasteiger partial charge is 0.496 e. The van der Waals surface area contributed by atoms with Gasteiger partial charge in [0.2, 0.25) is 11.8 Å². The first kappa shape index (κ1) is 40.9. The Morgan fingerprint density at radius 2 is 1.53 bits per heavy atom. The molecule has 6 amide bonds. The van der Waals surface area contributed by atoms with Crippen LogP contribution >= 0.6 is 0 Å². The summed E-state index contributed by atoms with van der Waals surface area (Å²) in [6.45, 7) is 5.14. The number of piperazine rings is 1. The summed E-state index contributed by atoms with van der Waals surface area (Å²) in [5, 5.41) is 4.87. The maximum Gasteiger partial charge on any atom is 0.317 e. The van der Waals surface area contributed by atoms with Crippen molar-refractivity contribution in [2.45, 2.75) is 56.9 Å². The molecule has 5 aliphatic heterocycles. The summed E-state index contributed by atoms with van der Waals surface area (Å²) >= 11 is 0. The molecule has 3 aromatic rings. The number of anilines is 1. The Morgan fingerprint density at radius 1 is 0.850 bits per heavy atom. The van der Waals surface area contributed by atoms with Crippen LogP contribution in [0.5, 0.6) is 11.5 Å². The topological polar surface area (TPSA) is 166 Å². The third-order valence-corrected chi connectivity index (χ3v) is 12.8. The van der Waals surface area contributed by atoms with Crippen molar-refractivity contribution in [3.05, 3.63) is 74.7 Å². The zero-order valence-corrected chi connectivity index (χ0v) is 34.5. The smallest absolute Gasteiger partial charge is 0.317 e. The van der Waals surface area contributed by atoms with Gasteiger partial charge in [-0.05, 0) is 67.1 Å². The summed E-state index contributed by atoms with van der Waals surface area (Å²) in [5.41, 5.74) is 3.85. The van der Waals surface area contributed by atoms with Crippen LogP contribution in [0.3, 0.4) is 0 Å². The standard InChI is InChI=1S/C43H51FN8O8/c1-45-42(58)51-12-9-28-31(22-47(2)39(55)32(28)24-51)26-19-35(59-3)33(36(20-26)60-4)23-48-13-10-43(44,11-14-48)25-49-15-17-50(18-16-49)27-5-6-29-30(21-27)41(57)52(40(29)56)34-7-8-37(53)46-38(34)54/h5-6,19-22,34H,7-18,23-25H2,1-4H3,(H,45,58)(H,46,53,54). The number of hydrogen-bond donors (Lipinski definition) is 2. The van der Waals surface area contributed by atoms with Gasteiger partial charge in [0, 0.05) is 102 Å². The van der Waals surface area contributed by atoms with Crippen LogP contribution in [-0.2, 0) is 36.1 Å². The van der Waals surface area contributed by atoms with E-state index in [0.29, 0.717) is 95.2 Å². The molecular formula is C43H51FN8O8. The average Bonchev–Trinajstić information content (AvgIpc) is 3.50. The lowest BCUT2D eigenvalue weighted by Crippen LogP contribution is -2.54. The van der Waals surface area contributed by atoms with E-state index in [1.54, 1.807) is 56.0 Å². The van der Waals surface area contributed by atoms with E-state index in [9.17, 15) is 28.8 Å². The number of nitrogens with one attached hydrogen (secondary N) is 2. The van der Waals surface area contributed by atoms with Crippen molar-refractivity contribution in [3.8, 4) is 22.6 Å². The van der Waals surface area contributed by atoms with E-state index in [-0.39, 0.29) is 42.1 Å². The number of rotatable bonds is 9. The number of methoxy groups -OCH3 is 2. The number of nitrogens with zero attached hydrogens (tertiary/aromatic N) is 6. The summed E-state index contributed by atoms with van der Waals surface area (Å²) < 4.78 is 29.9. The number of imide groups is 2. The molecule has 60 heavy (non-hydrogen) atoms. The number of benzene rings is 2. The molecule has 17 heteroatoms. The number of carbonyl (C=O) groups is 5. The Hall–Kier alpha value is -5.81. The summed E-state index contributed by atoms with van der Waals surface area (Å²) in [6.07, 6.45) is 3.26. The van der Waals surface area contributed by atoms with Gasteiger partial charge in [-0.3, -0.25) is 44.0 Å². The number of carbonyl (C=O) groups excluding carboxylic acids is 5. The predicted octanol–water partition coefficient (Wildman–Crippen LogP) is 2.29. The number of aromatic nitrogens is 1. The quantitative estimate of drug-likeness (QED) is 0.304. The fourth-order valence-electron chi connectivity index (χ4n) is 9.39. The van der Waals surface area contributed by atoms with Gasteiger partial charge in [0.25, 0.3) is 17.4 Å². The van der Waals surface area contributed by atoms with Gasteiger partial charge in [0.1, 0.15) is 23.2 Å². The van der Waals surface area contributed by atoms with E-state index in [0.717, 1.165) is 32.8 Å². The number of halogens is 1. The summed E-state index contributed by atoms with van der Waals surface area (Å²) in [6, 6.07) is 7.80. The molecule has 8 rings (SSSR count). The van der Waals surface area contributed by atoms with Crippen molar-refractivity contribution in [3.63, 3.8) is 0 Å². The number of urea groups is 1. The second-order valence-corrected chi connectivity index (χ2v) is 16.4. The molecule has 0 bridgehead atoms. The Labute approximate surface area is 347 Å². The summed E-state index contributed by atoms with van der Waals surface area (Å²) in [5.74, 6) is -0.867. The predicted molar refractivity (Wildman–Crippen MR) is 219 cm³/mol. The van der Waals surface area contributed by atoms with E-state index in [1.165, 1.54) is 0 Å². The molecule has 6 heterocycles. The van der Waals surface area contributed by atoms with Crippen molar-refractivity contribution >= 4 is 35.3 Å². The molecule has 2 N–H and O–H groups in total. The highest BCUT2D eigenvalue weighted by molar-refractivity contribution is 6.23. The highest BCUT2D eigenvalue weighted by atomic mass is 19.1. The molecule has 16 nitrogen and oxygen atoms in total. The molecule has 0 radical (unpaired) electrons. The number of alkyl halides is 1. The number of pyridine rings is 1. The molecule has 0 spiro atoms. The number of hydrogen-bond acceptors (Lipinski definition) is 11. The molecule has 318 valence electrons. The number of ether oxygens (including phenoxy) is 2. The second kappa shape index (κ2) is 16.3. The first-order valence-corrected chi connectivity index (χ1v) is 20.5. The van der Waals surface area contributed by atoms with Gasteiger partial charge in [-0.25, -0.2) is 9.18 Å². The number of aryl methyl sites for hydroxylation is 1. The zero-order valence-electron chi connectivity index (χ0n) is 34.5. The fraction of sp³-hybridized carbons (Fsp3) is 0.488. The molecule has 0 saturated carbocycles. The Morgan fingerprint density at radius 3 is 2.18 bits per heavy atom. The van der Waals surface area contributed by atoms with Crippen LogP contribution in [0, 0.1) is 0 Å². The maximum atomic E-state index is 16.5. The molecule has 1 aromatic heterocycles. The lowest BCUT2D eigenvalue weighted by Gasteiger charge is -2.42. The lowest BCUT2D eigenvalue weighted by molar-refractivity contribution is -0.136. The second-order valence-electron chi connectivity index (χ2n) is 16.4. The SMILES string of the molecule is CNC(=O)N1CCc2c(-c3cc(OC)c(CN4CCC(F)(CN5CCN(c6ccc7c(c6)C(=O)N(C6CCC(=O)NC6=O)C7=O)CC5)CC4)c(OC)c3)cn(C)c(=O)c2C1. The molecule has 1 unspecified atom stereocenters. The zero-order chi connectivity index (χ0) is 42.5. The molecule has 0 aliphatic carbocycles. The summed E-state index contributed by atoms with van der Waals surface area (Å²) in [7, 11) is 6.52. The highest BCUT2D eigenvalue weighted by Gasteiger charge is 2.45. The van der Waals surface area contributed by atoms with Crippen LogP contribution < -0.4 is 30.6 Å². The monoisotopic (exact) mass is 826 g/mol. The Kier molecular flexibility index (Phi) is 11.1. The van der Waals surface area contributed by atoms with Crippen molar-refractivity contribution in [1.29, 1.82) is 0 Å². The minimum Gasteiger partial charge on any atom is -0.496 e. The van der Waals surface area contributed by atoms with Crippen molar-refractivity contribution < 1.29 is 37.8 Å². The third kappa shape index (κ3) is 7.59. The molecular weight excluding hydrogens is 776 g/mol. The summed E-state index contributed by atoms with van der Waals surface area (Å²) in [4.78, 5) is 85.3. The minimum absolute atomic E-state index is 0.0597. The van der Waals surface area contributed by atoms with Crippen LogP contribution in [0.2, 0.25) is 0 Å². The van der Waals surface area contributed by atoms with Gasteiger partial charge >= 0.3 is 6.03 Å². The van der Waals surface area contributed by atoms with E-state index >= 15 is 4.39 Å². The van der Waals surface area contributed by atoms with E-state index in [4.69, 9.17) is 9.47 Å². The van der Waals surface area contributed by atoms with Gasteiger partial charge in [0.05, 0.1) is 37.5 Å². The van der Waals surface area contributed by atoms with Gasteiger partial charge in [0.15, 0.2) is 0 Å². The first-order chi connectivity index (χ1) is 28.8. The van der Waals surface area contributed by atoms with E-state index < -0.39 is 35.3 Å². The highest BCUT2D eigenvalue weighted by Crippen LogP contribution is 2.40. The fourth-order valence-corrected chi connectivity index (χ4v) is 9.39.